The molecule has 0 amide bonds. The zero-order valence-electron chi connectivity index (χ0n) is 12.1. The number of hydrogen-bond acceptors (Lipinski definition) is 4. The molecule has 1 saturated heterocycles. The van der Waals surface area contributed by atoms with Gasteiger partial charge in [0, 0.05) is 32.4 Å². The van der Waals surface area contributed by atoms with E-state index in [1.807, 2.05) is 0 Å². The number of sulfonamides is 1. The van der Waals surface area contributed by atoms with Crippen LogP contribution >= 0.6 is 12.4 Å². The van der Waals surface area contributed by atoms with Crippen molar-refractivity contribution < 1.29 is 8.42 Å². The maximum Gasteiger partial charge on any atom is 0.262 e. The fourth-order valence-electron chi connectivity index (χ4n) is 2.63. The van der Waals surface area contributed by atoms with Crippen molar-refractivity contribution in [2.45, 2.75) is 37.8 Å². The normalized spacial score (nSPS) is 24.4. The SMILES string of the molecule is Cc1nc(S(=O)(=O)N2CCCC(C)C2CN)cn1C.Cl. The molecule has 1 fully saturated rings. The van der Waals surface area contributed by atoms with Crippen LogP contribution in [0.4, 0.5) is 0 Å². The number of nitrogens with two attached hydrogens (primary N) is 1. The van der Waals surface area contributed by atoms with Crippen LogP contribution in [0.3, 0.4) is 0 Å². The van der Waals surface area contributed by atoms with Crippen LogP contribution in [0.15, 0.2) is 11.2 Å². The van der Waals surface area contributed by atoms with Crippen molar-refractivity contribution >= 4 is 22.4 Å². The van der Waals surface area contributed by atoms with Crippen LogP contribution in [0.25, 0.3) is 0 Å². The minimum atomic E-state index is -3.54. The van der Waals surface area contributed by atoms with Crippen molar-refractivity contribution in [3.05, 3.63) is 12.0 Å². The van der Waals surface area contributed by atoms with Crippen molar-refractivity contribution in [2.24, 2.45) is 18.7 Å². The Morgan fingerprint density at radius 1 is 1.50 bits per heavy atom. The quantitative estimate of drug-likeness (QED) is 0.896. The molecule has 0 saturated carbocycles. The summed E-state index contributed by atoms with van der Waals surface area (Å²) in [5.74, 6) is 0.978. The standard InChI is InChI=1S/C12H22N4O2S.ClH/c1-9-5-4-6-16(11(9)7-13)19(17,18)12-8-15(3)10(2)14-12;/h8-9,11H,4-7,13H2,1-3H3;1H. The summed E-state index contributed by atoms with van der Waals surface area (Å²) in [6.45, 7) is 4.73. The van der Waals surface area contributed by atoms with Gasteiger partial charge in [0.05, 0.1) is 0 Å². The lowest BCUT2D eigenvalue weighted by Crippen LogP contribution is -2.51. The first-order chi connectivity index (χ1) is 8.87. The van der Waals surface area contributed by atoms with Gasteiger partial charge in [-0.1, -0.05) is 6.92 Å². The van der Waals surface area contributed by atoms with Crippen LogP contribution in [0.1, 0.15) is 25.6 Å². The summed E-state index contributed by atoms with van der Waals surface area (Å²) < 4.78 is 28.6. The Morgan fingerprint density at radius 2 is 2.15 bits per heavy atom. The molecule has 6 nitrogen and oxygen atoms in total. The lowest BCUT2D eigenvalue weighted by molar-refractivity contribution is 0.192. The molecular formula is C12H23ClN4O2S. The first-order valence-electron chi connectivity index (χ1n) is 6.59. The van der Waals surface area contributed by atoms with Gasteiger partial charge < -0.3 is 10.3 Å². The van der Waals surface area contributed by atoms with E-state index in [1.165, 1.54) is 4.31 Å². The number of aromatic nitrogens is 2. The van der Waals surface area contributed by atoms with Gasteiger partial charge in [0.1, 0.15) is 5.82 Å². The second-order valence-electron chi connectivity index (χ2n) is 5.28. The van der Waals surface area contributed by atoms with E-state index < -0.39 is 10.0 Å². The first-order valence-corrected chi connectivity index (χ1v) is 8.03. The average Bonchev–Trinajstić information content (AvgIpc) is 2.70. The summed E-state index contributed by atoms with van der Waals surface area (Å²) in [5, 5.41) is 0.125. The number of aryl methyl sites for hydroxylation is 2. The largest absolute Gasteiger partial charge is 0.337 e. The van der Waals surface area contributed by atoms with Crippen LogP contribution in [0.5, 0.6) is 0 Å². The Kier molecular flexibility index (Phi) is 5.60. The van der Waals surface area contributed by atoms with E-state index in [2.05, 4.69) is 11.9 Å². The predicted molar refractivity (Wildman–Crippen MR) is 80.3 cm³/mol. The van der Waals surface area contributed by atoms with E-state index in [0.717, 1.165) is 12.8 Å². The van der Waals surface area contributed by atoms with E-state index in [1.54, 1.807) is 24.7 Å². The predicted octanol–water partition coefficient (Wildman–Crippen LogP) is 0.898. The van der Waals surface area contributed by atoms with Crippen molar-refractivity contribution in [3.63, 3.8) is 0 Å². The maximum atomic E-state index is 12.7. The molecule has 0 bridgehead atoms. The highest BCUT2D eigenvalue weighted by Crippen LogP contribution is 2.28. The van der Waals surface area contributed by atoms with Gasteiger partial charge in [-0.05, 0) is 25.7 Å². The van der Waals surface area contributed by atoms with Gasteiger partial charge >= 0.3 is 0 Å². The Morgan fingerprint density at radius 3 is 2.65 bits per heavy atom. The molecule has 0 spiro atoms. The number of piperidine rings is 1. The molecule has 0 aliphatic carbocycles. The summed E-state index contributed by atoms with van der Waals surface area (Å²) >= 11 is 0. The van der Waals surface area contributed by atoms with E-state index in [0.29, 0.717) is 24.8 Å². The van der Waals surface area contributed by atoms with E-state index in [-0.39, 0.29) is 23.5 Å². The molecule has 0 aromatic carbocycles. The number of imidazole rings is 1. The molecule has 20 heavy (non-hydrogen) atoms. The third-order valence-corrected chi connectivity index (χ3v) is 5.76. The highest BCUT2D eigenvalue weighted by atomic mass is 35.5. The fraction of sp³-hybridized carbons (Fsp3) is 0.750. The number of nitrogens with zero attached hydrogens (tertiary/aromatic N) is 3. The van der Waals surface area contributed by atoms with Gasteiger partial charge in [-0.25, -0.2) is 13.4 Å². The van der Waals surface area contributed by atoms with Crippen LogP contribution < -0.4 is 5.73 Å². The molecule has 2 atom stereocenters. The molecule has 1 aromatic rings. The Hall–Kier alpha value is -0.630. The number of rotatable bonds is 3. The highest BCUT2D eigenvalue weighted by molar-refractivity contribution is 7.89. The Labute approximate surface area is 126 Å². The molecule has 2 unspecified atom stereocenters. The molecule has 8 heteroatoms. The zero-order valence-corrected chi connectivity index (χ0v) is 13.7. The highest BCUT2D eigenvalue weighted by Gasteiger charge is 2.37. The molecule has 1 aliphatic rings. The zero-order chi connectivity index (χ0) is 14.2. The van der Waals surface area contributed by atoms with E-state index in [9.17, 15) is 8.42 Å². The Bertz CT molecular complexity index is 538. The van der Waals surface area contributed by atoms with Crippen molar-refractivity contribution in [1.82, 2.24) is 13.9 Å². The molecule has 2 heterocycles. The first kappa shape index (κ1) is 17.4. The molecule has 1 aliphatic heterocycles. The molecule has 116 valence electrons. The van der Waals surface area contributed by atoms with E-state index >= 15 is 0 Å². The van der Waals surface area contributed by atoms with Crippen molar-refractivity contribution in [2.75, 3.05) is 13.1 Å². The molecule has 2 rings (SSSR count). The van der Waals surface area contributed by atoms with Gasteiger partial charge in [0.25, 0.3) is 10.0 Å². The third-order valence-electron chi connectivity index (χ3n) is 3.97. The van der Waals surface area contributed by atoms with Gasteiger partial charge in [0.2, 0.25) is 0 Å². The van der Waals surface area contributed by atoms with Gasteiger partial charge in [-0.3, -0.25) is 0 Å². The topological polar surface area (TPSA) is 81.2 Å². The number of halogens is 1. The van der Waals surface area contributed by atoms with Crippen LogP contribution in [0.2, 0.25) is 0 Å². The summed E-state index contributed by atoms with van der Waals surface area (Å²) in [6.07, 6.45) is 3.47. The van der Waals surface area contributed by atoms with E-state index in [4.69, 9.17) is 5.73 Å². The Balaban J connectivity index is 0.00000200. The summed E-state index contributed by atoms with van der Waals surface area (Å²) in [6, 6.07) is -0.124. The lowest BCUT2D eigenvalue weighted by Gasteiger charge is -2.37. The minimum Gasteiger partial charge on any atom is -0.337 e. The average molecular weight is 323 g/mol. The second kappa shape index (κ2) is 6.43. The number of hydrogen-bond donors (Lipinski definition) is 1. The molecule has 2 N–H and O–H groups in total. The van der Waals surface area contributed by atoms with Crippen LogP contribution in [-0.4, -0.2) is 41.4 Å². The van der Waals surface area contributed by atoms with Gasteiger partial charge in [0.15, 0.2) is 5.03 Å². The summed E-state index contributed by atoms with van der Waals surface area (Å²) in [5.41, 5.74) is 5.76. The third kappa shape index (κ3) is 3.00. The van der Waals surface area contributed by atoms with Crippen LogP contribution in [0, 0.1) is 12.8 Å². The van der Waals surface area contributed by atoms with Crippen molar-refractivity contribution in [3.8, 4) is 0 Å². The summed E-state index contributed by atoms with van der Waals surface area (Å²) in [7, 11) is -1.74. The van der Waals surface area contributed by atoms with Crippen molar-refractivity contribution in [1.29, 1.82) is 0 Å². The minimum absolute atomic E-state index is 0. The fourth-order valence-corrected chi connectivity index (χ4v) is 4.43. The molecule has 1 aromatic heterocycles. The van der Waals surface area contributed by atoms with Crippen LogP contribution in [-0.2, 0) is 17.1 Å². The summed E-state index contributed by atoms with van der Waals surface area (Å²) in [4.78, 5) is 4.14. The molecular weight excluding hydrogens is 300 g/mol. The maximum absolute atomic E-state index is 12.7. The monoisotopic (exact) mass is 322 g/mol. The second-order valence-corrected chi connectivity index (χ2v) is 7.11. The smallest absolute Gasteiger partial charge is 0.262 e. The van der Waals surface area contributed by atoms with Gasteiger partial charge in [-0.15, -0.1) is 12.4 Å². The van der Waals surface area contributed by atoms with Gasteiger partial charge in [-0.2, -0.15) is 4.31 Å². The lowest BCUT2D eigenvalue weighted by atomic mass is 9.93. The molecule has 0 radical (unpaired) electrons.